The van der Waals surface area contributed by atoms with E-state index in [1.807, 2.05) is 0 Å². The average Bonchev–Trinajstić information content (AvgIpc) is 3.21. The van der Waals surface area contributed by atoms with E-state index in [-0.39, 0.29) is 35.6 Å². The second-order valence-corrected chi connectivity index (χ2v) is 9.45. The molecule has 2 amide bonds. The third kappa shape index (κ3) is 5.27. The number of nitrogens with two attached hydrogens (primary N) is 1. The summed E-state index contributed by atoms with van der Waals surface area (Å²) in [7, 11) is 0. The molecule has 184 valence electrons. The lowest BCUT2D eigenvalue weighted by molar-refractivity contribution is -0.165. The second-order valence-electron chi connectivity index (χ2n) is 7.56. The predicted octanol–water partition coefficient (Wildman–Crippen LogP) is -1.15. The van der Waals surface area contributed by atoms with Crippen molar-refractivity contribution in [3.63, 3.8) is 0 Å². The second kappa shape index (κ2) is 10.3. The fourth-order valence-electron chi connectivity index (χ4n) is 3.23. The van der Waals surface area contributed by atoms with Crippen LogP contribution in [0.4, 0.5) is 5.13 Å². The van der Waals surface area contributed by atoms with E-state index >= 15 is 0 Å². The van der Waals surface area contributed by atoms with Crippen LogP contribution in [0.3, 0.4) is 0 Å². The van der Waals surface area contributed by atoms with Gasteiger partial charge in [-0.05, 0) is 13.8 Å². The molecule has 0 bridgehead atoms. The number of anilines is 1. The Hall–Kier alpha value is -3.27. The van der Waals surface area contributed by atoms with Gasteiger partial charge in [-0.1, -0.05) is 5.16 Å². The van der Waals surface area contributed by atoms with Gasteiger partial charge in [-0.3, -0.25) is 24.0 Å². The highest BCUT2D eigenvalue weighted by molar-refractivity contribution is 8.00. The maximum atomic E-state index is 12.8. The van der Waals surface area contributed by atoms with Gasteiger partial charge in [0.2, 0.25) is 17.4 Å². The first-order valence-corrected chi connectivity index (χ1v) is 11.8. The van der Waals surface area contributed by atoms with E-state index in [4.69, 9.17) is 15.3 Å². The van der Waals surface area contributed by atoms with E-state index in [1.165, 1.54) is 11.8 Å². The van der Waals surface area contributed by atoms with Crippen LogP contribution in [0.2, 0.25) is 0 Å². The number of carbonyl (C=O) groups excluding carboxylic acids is 4. The Morgan fingerprint density at radius 2 is 2.12 bits per heavy atom. The maximum absolute atomic E-state index is 12.8. The smallest absolute Gasteiger partial charge is 0.315 e. The minimum absolute atomic E-state index is 0.0145. The molecule has 34 heavy (non-hydrogen) atoms. The normalized spacial score (nSPS) is 24.0. The summed E-state index contributed by atoms with van der Waals surface area (Å²) in [6.07, 6.45) is -0.465. The average molecular weight is 515 g/mol. The van der Waals surface area contributed by atoms with Crippen molar-refractivity contribution in [2.45, 2.75) is 31.7 Å². The van der Waals surface area contributed by atoms with Crippen LogP contribution in [-0.2, 0) is 33.5 Å². The van der Waals surface area contributed by atoms with E-state index in [0.29, 0.717) is 0 Å². The first kappa shape index (κ1) is 25.4. The third-order valence-electron chi connectivity index (χ3n) is 4.94. The monoisotopic (exact) mass is 514 g/mol. The zero-order chi connectivity index (χ0) is 25.0. The topological polar surface area (TPSA) is 203 Å². The number of aromatic nitrogens is 2. The Balaban J connectivity index is 1.67. The number of β-lactam (4-membered cyclic amide) rings is 1. The summed E-state index contributed by atoms with van der Waals surface area (Å²) in [6, 6.07) is -0.938. The van der Waals surface area contributed by atoms with Gasteiger partial charge in [0.05, 0.1) is 0 Å². The van der Waals surface area contributed by atoms with Gasteiger partial charge in [-0.2, -0.15) is 9.36 Å². The molecule has 1 aromatic heterocycles. The molecule has 0 aromatic carbocycles. The summed E-state index contributed by atoms with van der Waals surface area (Å²) in [5, 5.41) is 15.6. The number of fused-ring (bicyclic) bond motifs is 1. The van der Waals surface area contributed by atoms with E-state index < -0.39 is 59.4 Å². The van der Waals surface area contributed by atoms with E-state index in [9.17, 15) is 29.1 Å². The highest BCUT2D eigenvalue weighted by atomic mass is 32.2. The highest BCUT2D eigenvalue weighted by Gasteiger charge is 2.58. The number of nitrogens with one attached hydrogen (secondary N) is 1. The molecule has 4 N–H and O–H groups in total. The van der Waals surface area contributed by atoms with E-state index in [2.05, 4.69) is 19.8 Å². The van der Waals surface area contributed by atoms with Crippen LogP contribution in [0.15, 0.2) is 5.16 Å². The molecule has 0 radical (unpaired) electrons. The quantitative estimate of drug-likeness (QED) is 0.111. The number of hydrogen-bond acceptors (Lipinski definition) is 13. The molecule has 2 aliphatic heterocycles. The van der Waals surface area contributed by atoms with Gasteiger partial charge in [0.25, 0.3) is 5.91 Å². The lowest BCUT2D eigenvalue weighted by atomic mass is 9.88. The molecule has 14 nitrogen and oxygen atoms in total. The SMILES string of the molecule is CCON=C(C(=O)NC1C(=O)N2CC(COC(=O)CC(C)=O)(C(=O)O)CS[C@H]12)c1nsc(N)n1. The van der Waals surface area contributed by atoms with Crippen LogP contribution in [0.1, 0.15) is 26.1 Å². The minimum atomic E-state index is -1.54. The molecule has 0 saturated carbocycles. The standard InChI is InChI=1S/C18H22N6O8S2/c1-3-32-22-10(12-21-17(19)34-23-12)13(27)20-11-14(28)24-5-18(16(29)30,7-33-15(11)24)6-31-9(26)4-8(2)25/h11,15H,3-7H2,1-2H3,(H,20,27)(H,29,30)(H2,19,21,23)/t11?,15-,18?/m1/s1. The molecule has 3 atom stereocenters. The van der Waals surface area contributed by atoms with E-state index in [0.717, 1.165) is 23.3 Å². The number of oxime groups is 1. The Labute approximate surface area is 201 Å². The molecule has 2 fully saturated rings. The van der Waals surface area contributed by atoms with Gasteiger partial charge in [0, 0.05) is 23.8 Å². The molecule has 2 unspecified atom stereocenters. The van der Waals surface area contributed by atoms with Crippen LogP contribution in [0.25, 0.3) is 0 Å². The number of rotatable bonds is 10. The number of ketones is 1. The zero-order valence-corrected chi connectivity index (χ0v) is 19.8. The van der Waals surface area contributed by atoms with Crippen molar-refractivity contribution in [2.24, 2.45) is 10.6 Å². The van der Waals surface area contributed by atoms with Crippen LogP contribution in [0.5, 0.6) is 0 Å². The van der Waals surface area contributed by atoms with Crippen molar-refractivity contribution in [3.05, 3.63) is 5.82 Å². The van der Waals surface area contributed by atoms with Crippen molar-refractivity contribution in [2.75, 3.05) is 31.2 Å². The fraction of sp³-hybridized carbons (Fsp3) is 0.556. The number of nitrogen functional groups attached to an aromatic ring is 1. The summed E-state index contributed by atoms with van der Waals surface area (Å²) < 4.78 is 8.94. The number of amides is 2. The van der Waals surface area contributed by atoms with E-state index in [1.54, 1.807) is 6.92 Å². The molecule has 0 spiro atoms. The van der Waals surface area contributed by atoms with Gasteiger partial charge >= 0.3 is 11.9 Å². The Morgan fingerprint density at radius 1 is 1.38 bits per heavy atom. The van der Waals surface area contributed by atoms with Gasteiger partial charge in [-0.15, -0.1) is 11.8 Å². The van der Waals surface area contributed by atoms with Crippen molar-refractivity contribution in [1.82, 2.24) is 19.6 Å². The van der Waals surface area contributed by atoms with Crippen LogP contribution >= 0.6 is 23.3 Å². The number of carboxylic acids is 1. The minimum Gasteiger partial charge on any atom is -0.481 e. The number of carbonyl (C=O) groups is 5. The number of esters is 1. The van der Waals surface area contributed by atoms with Gasteiger partial charge < -0.3 is 30.6 Å². The van der Waals surface area contributed by atoms with Gasteiger partial charge in [-0.25, -0.2) is 0 Å². The summed E-state index contributed by atoms with van der Waals surface area (Å²) in [5.41, 5.74) is 3.78. The van der Waals surface area contributed by atoms with Crippen LogP contribution in [0, 0.1) is 5.41 Å². The van der Waals surface area contributed by atoms with Crippen molar-refractivity contribution < 1.29 is 38.7 Å². The fourth-order valence-corrected chi connectivity index (χ4v) is 5.19. The number of Topliss-reactive ketones (excluding diaryl/α,β-unsaturated/α-hetero) is 1. The molecule has 1 aromatic rings. The van der Waals surface area contributed by atoms with Gasteiger partial charge in [0.1, 0.15) is 42.2 Å². The number of thioether (sulfide) groups is 1. The third-order valence-corrected chi connectivity index (χ3v) is 7.07. The Kier molecular flexibility index (Phi) is 7.71. The molecule has 2 saturated heterocycles. The maximum Gasteiger partial charge on any atom is 0.315 e. The molecular weight excluding hydrogens is 492 g/mol. The molecule has 0 aliphatic carbocycles. The summed E-state index contributed by atoms with van der Waals surface area (Å²) in [4.78, 5) is 70.4. The molecular formula is C18H22N6O8S2. The largest absolute Gasteiger partial charge is 0.481 e. The van der Waals surface area contributed by atoms with Crippen molar-refractivity contribution in [3.8, 4) is 0 Å². The number of aliphatic carboxylic acids is 1. The summed E-state index contributed by atoms with van der Waals surface area (Å²) in [6.45, 7) is 2.35. The zero-order valence-electron chi connectivity index (χ0n) is 18.2. The number of ether oxygens (including phenoxy) is 1. The predicted molar refractivity (Wildman–Crippen MR) is 119 cm³/mol. The number of nitrogens with zero attached hydrogens (tertiary/aromatic N) is 4. The Morgan fingerprint density at radius 3 is 2.71 bits per heavy atom. The van der Waals surface area contributed by atoms with Crippen LogP contribution in [-0.4, -0.2) is 91.5 Å². The Bertz CT molecular complexity index is 1050. The number of carboxylic acid groups (broad SMARTS) is 1. The molecule has 3 heterocycles. The lowest BCUT2D eigenvalue weighted by Crippen LogP contribution is -2.74. The summed E-state index contributed by atoms with van der Waals surface area (Å²) >= 11 is 1.99. The molecule has 2 aliphatic rings. The first-order chi connectivity index (χ1) is 16.1. The molecule has 3 rings (SSSR count). The highest BCUT2D eigenvalue weighted by Crippen LogP contribution is 2.42. The molecule has 16 heteroatoms. The van der Waals surface area contributed by atoms with Gasteiger partial charge in [0.15, 0.2) is 5.13 Å². The number of hydrogen-bond donors (Lipinski definition) is 3. The lowest BCUT2D eigenvalue weighted by Gasteiger charge is -2.53. The van der Waals surface area contributed by atoms with Crippen LogP contribution < -0.4 is 11.1 Å². The van der Waals surface area contributed by atoms with Crippen molar-refractivity contribution in [1.29, 1.82) is 0 Å². The first-order valence-electron chi connectivity index (χ1n) is 9.99. The van der Waals surface area contributed by atoms with Crippen molar-refractivity contribution >= 4 is 63.7 Å². The summed E-state index contributed by atoms with van der Waals surface area (Å²) in [5.74, 6) is -3.78.